The first-order chi connectivity index (χ1) is 44.0. The van der Waals surface area contributed by atoms with Crippen LogP contribution in [0.5, 0.6) is 0 Å². The molecule has 0 bridgehead atoms. The number of ether oxygens (including phenoxy) is 2. The number of hydrogen-bond donors (Lipinski definition) is 8. The van der Waals surface area contributed by atoms with Crippen molar-refractivity contribution in [3.8, 4) is 22.3 Å². The van der Waals surface area contributed by atoms with Gasteiger partial charge in [0, 0.05) is 33.1 Å². The maximum absolute atomic E-state index is 13.4. The molecule has 5 saturated heterocycles. The monoisotopic (exact) mass is 1350 g/mol. The van der Waals surface area contributed by atoms with E-state index in [1.807, 2.05) is 128 Å². The lowest BCUT2D eigenvalue weighted by Crippen LogP contribution is -2.48. The van der Waals surface area contributed by atoms with Crippen molar-refractivity contribution in [2.75, 3.05) is 26.4 Å². The number of aromatic nitrogens is 1. The van der Waals surface area contributed by atoms with E-state index in [2.05, 4.69) is 75.4 Å². The van der Waals surface area contributed by atoms with Gasteiger partial charge in [0.2, 0.25) is 5.91 Å². The predicted octanol–water partition coefficient (Wildman–Crippen LogP) is 6.76. The molecule has 0 saturated carbocycles. The minimum Gasteiger partial charge on any atom is -0.464 e. The first-order valence-electron chi connectivity index (χ1n) is 30.6. The van der Waals surface area contributed by atoms with Gasteiger partial charge in [0.25, 0.3) is 0 Å². The van der Waals surface area contributed by atoms with Crippen molar-refractivity contribution in [3.05, 3.63) is 220 Å². The molecule has 0 unspecified atom stereocenters. The first-order valence-corrected chi connectivity index (χ1v) is 31.7. The Bertz CT molecular complexity index is 3610. The summed E-state index contributed by atoms with van der Waals surface area (Å²) in [6, 6.07) is 59.9. The van der Waals surface area contributed by atoms with E-state index in [4.69, 9.17) is 34.0 Å². The third kappa shape index (κ3) is 16.5. The highest BCUT2D eigenvalue weighted by molar-refractivity contribution is 14.1. The van der Waals surface area contributed by atoms with Gasteiger partial charge in [-0.25, -0.2) is 0 Å². The number of aromatic amines is 1. The molecule has 8 aromatic rings. The van der Waals surface area contributed by atoms with Crippen LogP contribution in [-0.4, -0.2) is 157 Å². The number of aliphatic hydroxyl groups excluding tert-OH is 4. The van der Waals surface area contributed by atoms with E-state index in [1.54, 1.807) is 60.2 Å². The van der Waals surface area contributed by atoms with Crippen LogP contribution in [-0.2, 0) is 64.4 Å². The zero-order chi connectivity index (χ0) is 64.1. The Morgan fingerprint density at radius 3 is 1.44 bits per heavy atom. The van der Waals surface area contributed by atoms with Crippen molar-refractivity contribution in [3.63, 3.8) is 0 Å². The van der Waals surface area contributed by atoms with Crippen LogP contribution in [0, 0.1) is 21.3 Å². The molecule has 0 aliphatic carbocycles. The van der Waals surface area contributed by atoms with Gasteiger partial charge in [-0.1, -0.05) is 170 Å². The van der Waals surface area contributed by atoms with Gasteiger partial charge in [-0.2, -0.15) is 15.2 Å². The molecule has 21 heteroatoms. The fraction of sp³-hybridized carbons (Fsp3) is 0.329. The maximum Gasteiger partial charge on any atom is 0.488 e. The number of nitrogens with zero attached hydrogens (tertiary/aromatic N) is 3. The summed E-state index contributed by atoms with van der Waals surface area (Å²) in [5, 5.41) is 66.4. The van der Waals surface area contributed by atoms with E-state index in [0.29, 0.717) is 51.3 Å². The van der Waals surface area contributed by atoms with Gasteiger partial charge < -0.3 is 50.2 Å². The highest BCUT2D eigenvalue weighted by Gasteiger charge is 2.55. The van der Waals surface area contributed by atoms with Crippen molar-refractivity contribution < 1.29 is 68.8 Å². The molecule has 8 N–H and O–H groups in total. The number of fused-ring (bicyclic) bond motifs is 3. The quantitative estimate of drug-likeness (QED) is 0.0266. The van der Waals surface area contributed by atoms with E-state index in [9.17, 15) is 34.8 Å². The van der Waals surface area contributed by atoms with E-state index in [0.717, 1.165) is 53.4 Å². The van der Waals surface area contributed by atoms with Crippen LogP contribution in [0.2, 0.25) is 0 Å². The number of hydrogen-bond acceptors (Lipinski definition) is 17. The molecule has 19 nitrogen and oxygen atoms in total. The first kappa shape index (κ1) is 66.7. The molecule has 7 aromatic carbocycles. The summed E-state index contributed by atoms with van der Waals surface area (Å²) in [6.45, 7) is 7.15. The summed E-state index contributed by atoms with van der Waals surface area (Å²) in [7, 11) is -1.34. The summed E-state index contributed by atoms with van der Waals surface area (Å²) in [5.74, 6) is -1.50. The standard InChI is InChI=1S/C30H33N3O4.C20H21NO4.C14H16INO4.C6H7BO2/c1-20(35)29-26(19-34)28(30(36)31-16-15-24-17-32-27-10-6-5-9-25(24)27)33(37-29)18-21-11-13-23(14-12-21)22-7-3-2-4-8-22;1-13(22)19-17-12-24-20(23)18(17)21(25-19)11-14-7-9-16(10-8-14)15-5-3-2-4-6-15;1-8(17)13-11-7-19-14(18)12(11)16(20-13)6-9-2-4-10(15)5-3-9;8-7(9)6-4-2-1-3-5-6/h2-14,17,20,26,28-29,32,34-35H,15-16,18-19H2,1H3,(H,31,36);2-10,13,17-19,22H,11-12H2,1H3;2-5,8,11-13,17H,6-7H2,1H3;1-5,8-9H/t20-,26-,28-,29-;13-,17-,18-,19-;8-,11-,12-,13-;/m000./s1. The molecule has 5 fully saturated rings. The van der Waals surface area contributed by atoms with Gasteiger partial charge in [0.15, 0.2) is 0 Å². The van der Waals surface area contributed by atoms with Crippen LogP contribution in [0.1, 0.15) is 43.0 Å². The summed E-state index contributed by atoms with van der Waals surface area (Å²) in [5.41, 5.74) is 10.4. The molecule has 476 valence electrons. The largest absolute Gasteiger partial charge is 0.488 e. The molecule has 6 heterocycles. The molecule has 12 atom stereocenters. The minimum atomic E-state index is -1.34. The number of amides is 1. The number of aliphatic hydroxyl groups is 4. The summed E-state index contributed by atoms with van der Waals surface area (Å²) >= 11 is 2.25. The van der Waals surface area contributed by atoms with Crippen LogP contribution >= 0.6 is 22.6 Å². The normalized spacial score (nSPS) is 23.6. The summed E-state index contributed by atoms with van der Waals surface area (Å²) in [6.07, 6.45) is -0.905. The second-order valence-electron chi connectivity index (χ2n) is 23.4. The van der Waals surface area contributed by atoms with Crippen molar-refractivity contribution in [1.82, 2.24) is 25.5 Å². The predicted molar refractivity (Wildman–Crippen MR) is 351 cm³/mol. The van der Waals surface area contributed by atoms with Crippen molar-refractivity contribution in [2.45, 2.75) is 102 Å². The Balaban J connectivity index is 0.000000146. The number of esters is 2. The minimum absolute atomic E-state index is 0.0913. The fourth-order valence-corrected chi connectivity index (χ4v) is 12.6. The van der Waals surface area contributed by atoms with Crippen LogP contribution in [0.4, 0.5) is 0 Å². The lowest BCUT2D eigenvalue weighted by atomic mass is 9.81. The topological polar surface area (TPSA) is 256 Å². The zero-order valence-electron chi connectivity index (χ0n) is 50.8. The second-order valence-corrected chi connectivity index (χ2v) is 24.6. The highest BCUT2D eigenvalue weighted by Crippen LogP contribution is 2.38. The van der Waals surface area contributed by atoms with Crippen molar-refractivity contribution in [2.24, 2.45) is 17.8 Å². The van der Waals surface area contributed by atoms with Crippen LogP contribution in [0.3, 0.4) is 0 Å². The fourth-order valence-electron chi connectivity index (χ4n) is 12.2. The van der Waals surface area contributed by atoms with Gasteiger partial charge in [-0.3, -0.25) is 28.9 Å². The number of carbonyl (C=O) groups is 3. The second kappa shape index (κ2) is 31.4. The smallest absolute Gasteiger partial charge is 0.464 e. The Hall–Kier alpha value is -7.20. The number of nitrogens with one attached hydrogen (secondary N) is 2. The lowest BCUT2D eigenvalue weighted by Gasteiger charge is -2.24. The summed E-state index contributed by atoms with van der Waals surface area (Å²) in [4.78, 5) is 58.2. The summed E-state index contributed by atoms with van der Waals surface area (Å²) < 4.78 is 11.4. The lowest BCUT2D eigenvalue weighted by molar-refractivity contribution is -0.202. The van der Waals surface area contributed by atoms with Gasteiger partial charge in [-0.15, -0.1) is 0 Å². The Morgan fingerprint density at radius 2 is 0.989 bits per heavy atom. The van der Waals surface area contributed by atoms with Crippen molar-refractivity contribution >= 4 is 63.9 Å². The number of benzene rings is 7. The Labute approximate surface area is 543 Å². The Kier molecular flexibility index (Phi) is 23.0. The average molecular weight is 1350 g/mol. The number of hydroxylamine groups is 6. The van der Waals surface area contributed by atoms with Gasteiger partial charge in [0.1, 0.15) is 36.4 Å². The zero-order valence-corrected chi connectivity index (χ0v) is 53.0. The number of cyclic esters (lactones) is 2. The molecule has 1 amide bonds. The number of rotatable bonds is 17. The molecule has 1 aromatic heterocycles. The number of carbonyl (C=O) groups excluding carboxylic acids is 3. The molecule has 5 aliphatic heterocycles. The Morgan fingerprint density at radius 1 is 0.571 bits per heavy atom. The molecular weight excluding hydrogens is 1270 g/mol. The maximum atomic E-state index is 13.4. The van der Waals surface area contributed by atoms with Gasteiger partial charge in [0.05, 0.1) is 69.6 Å². The molecule has 91 heavy (non-hydrogen) atoms. The van der Waals surface area contributed by atoms with E-state index < -0.39 is 61.7 Å². The molecule has 0 spiro atoms. The molecular formula is C70H77BIN5O14. The van der Waals surface area contributed by atoms with Gasteiger partial charge in [-0.05, 0) is 118 Å². The number of para-hydroxylation sites is 1. The number of H-pyrrole nitrogens is 1. The van der Waals surface area contributed by atoms with Crippen LogP contribution in [0.25, 0.3) is 33.2 Å². The van der Waals surface area contributed by atoms with Crippen molar-refractivity contribution in [1.29, 1.82) is 0 Å². The van der Waals surface area contributed by atoms with E-state index in [-0.39, 0.29) is 42.4 Å². The third-order valence-electron chi connectivity index (χ3n) is 16.9. The average Bonchev–Trinajstić information content (AvgIpc) is 1.65. The van der Waals surface area contributed by atoms with Crippen LogP contribution in [0.15, 0.2) is 194 Å². The molecule has 13 rings (SSSR count). The molecule has 0 radical (unpaired) electrons. The van der Waals surface area contributed by atoms with Crippen LogP contribution < -0.4 is 10.8 Å². The van der Waals surface area contributed by atoms with E-state index in [1.165, 1.54) is 5.56 Å². The SMILES string of the molecule is C[C@H](O)[C@@H]1ON(Cc2ccc(-c3ccccc3)cc2)[C@@H]2C(=O)OC[C@H]12.C[C@H](O)[C@@H]1ON(Cc2ccc(-c3ccccc3)cc2)[C@H](C(=O)NCCc2c[nH]c3ccccc23)[C@@H]1CO.C[C@H](O)[C@@H]1ON(Cc2ccc(I)cc2)[C@@H]2C(=O)OC[C@H]12.OB(O)c1ccccc1. The third-order valence-corrected chi connectivity index (χ3v) is 17.6. The van der Waals surface area contributed by atoms with E-state index >= 15 is 0 Å². The molecule has 5 aliphatic rings. The van der Waals surface area contributed by atoms with Gasteiger partial charge >= 0.3 is 19.1 Å². The highest BCUT2D eigenvalue weighted by atomic mass is 127. The number of halogens is 1.